The van der Waals surface area contributed by atoms with Crippen LogP contribution in [0.25, 0.3) is 0 Å². The standard InChI is InChI=1S/C13H22N2O5S/c1-13(2,5-6-20-4)9-14-21(18,19)10-7-11(12(16)17)15(3)8-10/h7-8,14H,5-6,9H2,1-4H3,(H,16,17). The van der Waals surface area contributed by atoms with E-state index in [1.807, 2.05) is 13.8 Å². The number of sulfonamides is 1. The van der Waals surface area contributed by atoms with Gasteiger partial charge in [-0.15, -0.1) is 0 Å². The highest BCUT2D eigenvalue weighted by molar-refractivity contribution is 7.89. The molecule has 0 amide bonds. The molecule has 8 heteroatoms. The number of rotatable bonds is 8. The molecule has 0 atom stereocenters. The highest BCUT2D eigenvalue weighted by atomic mass is 32.2. The fraction of sp³-hybridized carbons (Fsp3) is 0.615. The van der Waals surface area contributed by atoms with E-state index in [0.717, 1.165) is 6.07 Å². The highest BCUT2D eigenvalue weighted by Crippen LogP contribution is 2.20. The van der Waals surface area contributed by atoms with Crippen molar-refractivity contribution in [2.45, 2.75) is 25.2 Å². The largest absolute Gasteiger partial charge is 0.477 e. The Morgan fingerprint density at radius 2 is 2.10 bits per heavy atom. The lowest BCUT2D eigenvalue weighted by Gasteiger charge is -2.24. The number of nitrogens with one attached hydrogen (secondary N) is 1. The first-order valence-corrected chi connectivity index (χ1v) is 7.96. The summed E-state index contributed by atoms with van der Waals surface area (Å²) in [5.41, 5.74) is -0.331. The predicted octanol–water partition coefficient (Wildman–Crippen LogP) is 1.06. The first kappa shape index (κ1) is 17.7. The van der Waals surface area contributed by atoms with Crippen LogP contribution in [0.4, 0.5) is 0 Å². The van der Waals surface area contributed by atoms with Gasteiger partial charge in [0.15, 0.2) is 0 Å². The van der Waals surface area contributed by atoms with Crippen molar-refractivity contribution in [3.63, 3.8) is 0 Å². The molecular weight excluding hydrogens is 296 g/mol. The summed E-state index contributed by atoms with van der Waals surface area (Å²) in [6, 6.07) is 1.15. The molecule has 0 spiro atoms. The number of hydrogen-bond acceptors (Lipinski definition) is 4. The maximum absolute atomic E-state index is 12.2. The van der Waals surface area contributed by atoms with Crippen molar-refractivity contribution in [3.8, 4) is 0 Å². The van der Waals surface area contributed by atoms with Gasteiger partial charge in [0.05, 0.1) is 0 Å². The number of carboxylic acids is 1. The van der Waals surface area contributed by atoms with Crippen molar-refractivity contribution < 1.29 is 23.1 Å². The molecule has 1 aromatic heterocycles. The summed E-state index contributed by atoms with van der Waals surface area (Å²) in [5, 5.41) is 8.95. The third kappa shape index (κ3) is 4.83. The molecule has 1 rings (SSSR count). The molecule has 1 aromatic rings. The Hall–Kier alpha value is -1.38. The van der Waals surface area contributed by atoms with E-state index in [9.17, 15) is 13.2 Å². The minimum atomic E-state index is -3.73. The second-order valence-electron chi connectivity index (χ2n) is 5.71. The van der Waals surface area contributed by atoms with Crippen molar-refractivity contribution in [3.05, 3.63) is 18.0 Å². The average molecular weight is 318 g/mol. The van der Waals surface area contributed by atoms with Gasteiger partial charge in [0, 0.05) is 33.5 Å². The van der Waals surface area contributed by atoms with Gasteiger partial charge >= 0.3 is 5.97 Å². The molecule has 7 nitrogen and oxygen atoms in total. The van der Waals surface area contributed by atoms with E-state index in [2.05, 4.69) is 4.72 Å². The Morgan fingerprint density at radius 3 is 2.57 bits per heavy atom. The maximum atomic E-state index is 12.2. The zero-order valence-corrected chi connectivity index (χ0v) is 13.5. The Morgan fingerprint density at radius 1 is 1.48 bits per heavy atom. The zero-order chi connectivity index (χ0) is 16.3. The maximum Gasteiger partial charge on any atom is 0.352 e. The van der Waals surface area contributed by atoms with E-state index in [1.54, 1.807) is 7.11 Å². The van der Waals surface area contributed by atoms with E-state index >= 15 is 0 Å². The molecule has 120 valence electrons. The van der Waals surface area contributed by atoms with Gasteiger partial charge < -0.3 is 14.4 Å². The lowest BCUT2D eigenvalue weighted by molar-refractivity contribution is 0.0686. The van der Waals surface area contributed by atoms with Crippen LogP contribution in [0.5, 0.6) is 0 Å². The van der Waals surface area contributed by atoms with Crippen LogP contribution >= 0.6 is 0 Å². The van der Waals surface area contributed by atoms with Gasteiger partial charge in [-0.2, -0.15) is 0 Å². The van der Waals surface area contributed by atoms with Gasteiger partial charge in [-0.25, -0.2) is 17.9 Å². The zero-order valence-electron chi connectivity index (χ0n) is 12.7. The van der Waals surface area contributed by atoms with E-state index < -0.39 is 16.0 Å². The third-order valence-corrected chi connectivity index (χ3v) is 4.60. The van der Waals surface area contributed by atoms with Crippen LogP contribution in [0, 0.1) is 5.41 Å². The van der Waals surface area contributed by atoms with Gasteiger partial charge in [-0.3, -0.25) is 0 Å². The van der Waals surface area contributed by atoms with Crippen LogP contribution in [0.15, 0.2) is 17.2 Å². The molecule has 1 heterocycles. The van der Waals surface area contributed by atoms with Gasteiger partial charge in [-0.1, -0.05) is 13.8 Å². The number of aromatic carboxylic acids is 1. The third-order valence-electron chi connectivity index (χ3n) is 3.23. The molecule has 2 N–H and O–H groups in total. The van der Waals surface area contributed by atoms with Crippen molar-refractivity contribution >= 4 is 16.0 Å². The van der Waals surface area contributed by atoms with Crippen molar-refractivity contribution in [2.24, 2.45) is 12.5 Å². The summed E-state index contributed by atoms with van der Waals surface area (Å²) in [6.07, 6.45) is 2.00. The number of aryl methyl sites for hydroxylation is 1. The van der Waals surface area contributed by atoms with Gasteiger partial charge in [-0.05, 0) is 17.9 Å². The molecule has 0 aliphatic heterocycles. The van der Waals surface area contributed by atoms with E-state index in [-0.39, 0.29) is 22.5 Å². The Labute approximate surface area is 125 Å². The van der Waals surface area contributed by atoms with Crippen LogP contribution in [0.3, 0.4) is 0 Å². The van der Waals surface area contributed by atoms with Gasteiger partial charge in [0.25, 0.3) is 0 Å². The normalized spacial score (nSPS) is 12.6. The minimum Gasteiger partial charge on any atom is -0.477 e. The molecule has 0 aliphatic carbocycles. The topological polar surface area (TPSA) is 97.6 Å². The molecular formula is C13H22N2O5S. The van der Waals surface area contributed by atoms with Crippen LogP contribution in [0.1, 0.15) is 30.8 Å². The summed E-state index contributed by atoms with van der Waals surface area (Å²) >= 11 is 0. The quantitative estimate of drug-likeness (QED) is 0.747. The van der Waals surface area contributed by atoms with Crippen LogP contribution in [-0.4, -0.2) is 44.3 Å². The van der Waals surface area contributed by atoms with Gasteiger partial charge in [0.2, 0.25) is 10.0 Å². The minimum absolute atomic E-state index is 0.0510. The lowest BCUT2D eigenvalue weighted by Crippen LogP contribution is -2.34. The predicted molar refractivity (Wildman–Crippen MR) is 77.8 cm³/mol. The van der Waals surface area contributed by atoms with Gasteiger partial charge in [0.1, 0.15) is 10.6 Å². The van der Waals surface area contributed by atoms with Crippen LogP contribution < -0.4 is 4.72 Å². The first-order chi connectivity index (χ1) is 9.59. The Kier molecular flexibility index (Phi) is 5.54. The van der Waals surface area contributed by atoms with Crippen LogP contribution in [0.2, 0.25) is 0 Å². The van der Waals surface area contributed by atoms with E-state index in [1.165, 1.54) is 17.8 Å². The molecule has 0 saturated heterocycles. The summed E-state index contributed by atoms with van der Waals surface area (Å²) < 4.78 is 33.2. The summed E-state index contributed by atoms with van der Waals surface area (Å²) in [4.78, 5) is 10.9. The number of ether oxygens (including phenoxy) is 1. The Bertz CT molecular complexity index is 604. The summed E-state index contributed by atoms with van der Waals surface area (Å²) in [7, 11) is -0.643. The number of methoxy groups -OCH3 is 1. The molecule has 0 aromatic carbocycles. The average Bonchev–Trinajstić information content (AvgIpc) is 2.77. The molecule has 0 bridgehead atoms. The highest BCUT2D eigenvalue weighted by Gasteiger charge is 2.24. The van der Waals surface area contributed by atoms with Crippen molar-refractivity contribution in [2.75, 3.05) is 20.3 Å². The second kappa shape index (κ2) is 6.59. The number of aromatic nitrogens is 1. The van der Waals surface area contributed by atoms with E-state index in [4.69, 9.17) is 9.84 Å². The fourth-order valence-corrected chi connectivity index (χ4v) is 3.05. The number of carbonyl (C=O) groups is 1. The molecule has 0 aliphatic rings. The summed E-state index contributed by atoms with van der Waals surface area (Å²) in [5.74, 6) is -1.17. The van der Waals surface area contributed by atoms with Crippen LogP contribution in [-0.2, 0) is 21.8 Å². The molecule has 21 heavy (non-hydrogen) atoms. The number of hydrogen-bond donors (Lipinski definition) is 2. The lowest BCUT2D eigenvalue weighted by atomic mass is 9.90. The molecule has 0 radical (unpaired) electrons. The number of nitrogens with zero attached hydrogens (tertiary/aromatic N) is 1. The monoisotopic (exact) mass is 318 g/mol. The summed E-state index contributed by atoms with van der Waals surface area (Å²) in [6.45, 7) is 4.66. The SMILES string of the molecule is COCCC(C)(C)CNS(=O)(=O)c1cc(C(=O)O)n(C)c1. The first-order valence-electron chi connectivity index (χ1n) is 6.47. The second-order valence-corrected chi connectivity index (χ2v) is 7.48. The van der Waals surface area contributed by atoms with E-state index in [0.29, 0.717) is 13.0 Å². The smallest absolute Gasteiger partial charge is 0.352 e. The Balaban J connectivity index is 2.83. The van der Waals surface area contributed by atoms with Crippen molar-refractivity contribution in [1.82, 2.24) is 9.29 Å². The molecule has 0 fully saturated rings. The van der Waals surface area contributed by atoms with Crippen molar-refractivity contribution in [1.29, 1.82) is 0 Å². The number of carboxylic acid groups (broad SMARTS) is 1. The molecule has 0 saturated carbocycles. The molecule has 0 unspecified atom stereocenters. The fourth-order valence-electron chi connectivity index (χ4n) is 1.73.